The minimum atomic E-state index is -0.751. The molecule has 0 aliphatic heterocycles. The number of hydrogen-bond acceptors (Lipinski definition) is 8. The summed E-state index contributed by atoms with van der Waals surface area (Å²) in [7, 11) is 3.88. The standard InChI is InChI=1S/C31H50N2O6/c1-6-8-11-33(12-9-7-2)19-24-18-27(32(4)5)25-16-22(17-29(38)30(25)31(24)39)15-23(10-13-34)26(20-35)28(37)14-21(3)36/h18,22-23,26,34-35,39H,6-17,19-20H2,1-5H3. The lowest BCUT2D eigenvalue weighted by atomic mass is 9.73. The molecule has 8 nitrogen and oxygen atoms in total. The van der Waals surface area contributed by atoms with Crippen LogP contribution in [0.5, 0.6) is 5.75 Å². The van der Waals surface area contributed by atoms with Gasteiger partial charge in [0.15, 0.2) is 5.78 Å². The Balaban J connectivity index is 2.38. The number of carbonyl (C=O) groups excluding carboxylic acids is 3. The number of anilines is 1. The predicted octanol–water partition coefficient (Wildman–Crippen LogP) is 4.15. The molecular weight excluding hydrogens is 496 g/mol. The smallest absolute Gasteiger partial charge is 0.167 e. The van der Waals surface area contributed by atoms with Crippen molar-refractivity contribution >= 4 is 23.0 Å². The summed E-state index contributed by atoms with van der Waals surface area (Å²) < 4.78 is 0. The summed E-state index contributed by atoms with van der Waals surface area (Å²) in [5.74, 6) is -1.81. The molecule has 0 radical (unpaired) electrons. The SMILES string of the molecule is CCCCN(CCCC)Cc1cc(N(C)C)c2c(c1O)C(=O)CC(CC(CCO)C(CO)C(=O)CC(C)=O)C2. The maximum Gasteiger partial charge on any atom is 0.167 e. The molecule has 1 aromatic rings. The third-order valence-corrected chi connectivity index (χ3v) is 7.98. The quantitative estimate of drug-likeness (QED) is 0.235. The summed E-state index contributed by atoms with van der Waals surface area (Å²) in [5, 5.41) is 31.0. The lowest BCUT2D eigenvalue weighted by molar-refractivity contribution is -0.131. The number of benzene rings is 1. The molecule has 1 aliphatic carbocycles. The molecule has 0 aromatic heterocycles. The Morgan fingerprint density at radius 2 is 1.72 bits per heavy atom. The molecule has 8 heteroatoms. The van der Waals surface area contributed by atoms with Gasteiger partial charge in [-0.1, -0.05) is 26.7 Å². The maximum atomic E-state index is 13.5. The van der Waals surface area contributed by atoms with Gasteiger partial charge in [0.2, 0.25) is 0 Å². The molecule has 0 spiro atoms. The molecule has 0 heterocycles. The van der Waals surface area contributed by atoms with Gasteiger partial charge in [-0.15, -0.1) is 0 Å². The highest BCUT2D eigenvalue weighted by molar-refractivity contribution is 6.03. The fourth-order valence-corrected chi connectivity index (χ4v) is 5.91. The number of fused-ring (bicyclic) bond motifs is 1. The molecule has 0 amide bonds. The molecule has 220 valence electrons. The second-order valence-electron chi connectivity index (χ2n) is 11.5. The van der Waals surface area contributed by atoms with E-state index >= 15 is 0 Å². The normalized spacial score (nSPS) is 16.7. The fourth-order valence-electron chi connectivity index (χ4n) is 5.91. The molecule has 0 saturated heterocycles. The number of aliphatic hydroxyl groups is 2. The summed E-state index contributed by atoms with van der Waals surface area (Å²) in [5.41, 5.74) is 2.90. The van der Waals surface area contributed by atoms with Gasteiger partial charge >= 0.3 is 0 Å². The van der Waals surface area contributed by atoms with Crippen molar-refractivity contribution in [3.63, 3.8) is 0 Å². The van der Waals surface area contributed by atoms with Crippen molar-refractivity contribution in [3.05, 3.63) is 22.8 Å². The Hall–Kier alpha value is -2.29. The van der Waals surface area contributed by atoms with Crippen molar-refractivity contribution in [2.24, 2.45) is 17.8 Å². The fraction of sp³-hybridized carbons (Fsp3) is 0.710. The Morgan fingerprint density at radius 1 is 1.08 bits per heavy atom. The number of Topliss-reactive ketones (excluding diaryl/α,β-unsaturated/α-hetero) is 3. The van der Waals surface area contributed by atoms with Gasteiger partial charge in [-0.3, -0.25) is 19.3 Å². The predicted molar refractivity (Wildman–Crippen MR) is 154 cm³/mol. The maximum absolute atomic E-state index is 13.5. The molecule has 0 fully saturated rings. The average molecular weight is 547 g/mol. The summed E-state index contributed by atoms with van der Waals surface area (Å²) in [6.07, 6.45) is 5.66. The number of phenolic OH excluding ortho intramolecular Hbond substituents is 1. The van der Waals surface area contributed by atoms with Crippen LogP contribution in [0.25, 0.3) is 0 Å². The molecule has 39 heavy (non-hydrogen) atoms. The monoisotopic (exact) mass is 546 g/mol. The van der Waals surface area contributed by atoms with E-state index in [1.54, 1.807) is 0 Å². The Bertz CT molecular complexity index is 968. The van der Waals surface area contributed by atoms with Crippen LogP contribution in [0, 0.1) is 17.8 Å². The van der Waals surface area contributed by atoms with E-state index in [-0.39, 0.29) is 54.4 Å². The van der Waals surface area contributed by atoms with Gasteiger partial charge in [-0.2, -0.15) is 0 Å². The summed E-state index contributed by atoms with van der Waals surface area (Å²) in [4.78, 5) is 42.1. The van der Waals surface area contributed by atoms with Crippen LogP contribution in [0.1, 0.15) is 93.6 Å². The zero-order valence-electron chi connectivity index (χ0n) is 24.7. The number of aliphatic hydroxyl groups excluding tert-OH is 2. The van der Waals surface area contributed by atoms with Crippen LogP contribution in [-0.2, 0) is 22.6 Å². The third kappa shape index (κ3) is 9.12. The third-order valence-electron chi connectivity index (χ3n) is 7.98. The van der Waals surface area contributed by atoms with Crippen LogP contribution < -0.4 is 4.90 Å². The highest BCUT2D eigenvalue weighted by Crippen LogP contribution is 2.42. The van der Waals surface area contributed by atoms with Gasteiger partial charge in [0.25, 0.3) is 0 Å². The van der Waals surface area contributed by atoms with Gasteiger partial charge in [0, 0.05) is 50.8 Å². The first-order valence-electron chi connectivity index (χ1n) is 14.6. The second-order valence-corrected chi connectivity index (χ2v) is 11.5. The first-order chi connectivity index (χ1) is 18.6. The van der Waals surface area contributed by atoms with Gasteiger partial charge in [-0.05, 0) is 75.6 Å². The van der Waals surface area contributed by atoms with Gasteiger partial charge < -0.3 is 20.2 Å². The molecule has 0 saturated carbocycles. The van der Waals surface area contributed by atoms with Crippen molar-refractivity contribution in [2.75, 3.05) is 45.3 Å². The van der Waals surface area contributed by atoms with Gasteiger partial charge in [0.05, 0.1) is 18.6 Å². The van der Waals surface area contributed by atoms with E-state index < -0.39 is 12.5 Å². The highest BCUT2D eigenvalue weighted by atomic mass is 16.3. The number of carbonyl (C=O) groups is 3. The van der Waals surface area contributed by atoms with E-state index in [1.807, 2.05) is 25.1 Å². The first kappa shape index (κ1) is 32.9. The highest BCUT2D eigenvalue weighted by Gasteiger charge is 2.36. The number of hydrogen-bond donors (Lipinski definition) is 3. The molecule has 3 unspecified atom stereocenters. The number of rotatable bonds is 18. The van der Waals surface area contributed by atoms with Gasteiger partial charge in [-0.25, -0.2) is 0 Å². The zero-order chi connectivity index (χ0) is 29.1. The topological polar surface area (TPSA) is 118 Å². The van der Waals surface area contributed by atoms with E-state index in [0.29, 0.717) is 31.4 Å². The molecule has 1 aromatic carbocycles. The van der Waals surface area contributed by atoms with Crippen LogP contribution in [0.2, 0.25) is 0 Å². The lowest BCUT2D eigenvalue weighted by Gasteiger charge is -2.33. The van der Waals surface area contributed by atoms with E-state index in [9.17, 15) is 29.7 Å². The van der Waals surface area contributed by atoms with Crippen LogP contribution >= 0.6 is 0 Å². The minimum Gasteiger partial charge on any atom is -0.507 e. The zero-order valence-corrected chi connectivity index (χ0v) is 24.7. The van der Waals surface area contributed by atoms with E-state index in [2.05, 4.69) is 18.7 Å². The average Bonchev–Trinajstić information content (AvgIpc) is 2.86. The molecular formula is C31H50N2O6. The van der Waals surface area contributed by atoms with E-state index in [4.69, 9.17) is 0 Å². The number of nitrogens with zero attached hydrogens (tertiary/aromatic N) is 2. The minimum absolute atomic E-state index is 0.0776. The van der Waals surface area contributed by atoms with Crippen molar-refractivity contribution in [1.29, 1.82) is 0 Å². The van der Waals surface area contributed by atoms with Crippen LogP contribution in [0.4, 0.5) is 5.69 Å². The molecule has 2 rings (SSSR count). The summed E-state index contributed by atoms with van der Waals surface area (Å²) in [6, 6.07) is 2.01. The van der Waals surface area contributed by atoms with Crippen LogP contribution in [-0.4, -0.2) is 78.0 Å². The molecule has 3 N–H and O–H groups in total. The van der Waals surface area contributed by atoms with Gasteiger partial charge in [0.1, 0.15) is 17.3 Å². The Kier molecular flexibility index (Phi) is 13.6. The number of ketones is 3. The Morgan fingerprint density at radius 3 is 2.23 bits per heavy atom. The van der Waals surface area contributed by atoms with Crippen molar-refractivity contribution in [2.45, 2.75) is 85.1 Å². The summed E-state index contributed by atoms with van der Waals surface area (Å²) in [6.45, 7) is 7.62. The Labute approximate surface area is 234 Å². The molecule has 0 bridgehead atoms. The van der Waals surface area contributed by atoms with Crippen molar-refractivity contribution in [1.82, 2.24) is 4.90 Å². The number of unbranched alkanes of at least 4 members (excludes halogenated alkanes) is 2. The lowest BCUT2D eigenvalue weighted by Crippen LogP contribution is -2.33. The first-order valence-corrected chi connectivity index (χ1v) is 14.6. The molecule has 1 aliphatic rings. The second kappa shape index (κ2) is 16.1. The van der Waals surface area contributed by atoms with E-state index in [0.717, 1.165) is 55.6 Å². The van der Waals surface area contributed by atoms with E-state index in [1.165, 1.54) is 6.92 Å². The van der Waals surface area contributed by atoms with Crippen LogP contribution in [0.3, 0.4) is 0 Å². The summed E-state index contributed by atoms with van der Waals surface area (Å²) >= 11 is 0. The largest absolute Gasteiger partial charge is 0.507 e. The molecule has 3 atom stereocenters. The number of aromatic hydroxyl groups is 1. The van der Waals surface area contributed by atoms with Crippen LogP contribution in [0.15, 0.2) is 6.07 Å². The van der Waals surface area contributed by atoms with Crippen molar-refractivity contribution in [3.8, 4) is 5.75 Å². The number of phenols is 1. The van der Waals surface area contributed by atoms with Crippen molar-refractivity contribution < 1.29 is 29.7 Å².